The fourth-order valence-electron chi connectivity index (χ4n) is 4.48. The van der Waals surface area contributed by atoms with E-state index in [9.17, 15) is 4.79 Å². The maximum absolute atomic E-state index is 12.4. The fourth-order valence-corrected chi connectivity index (χ4v) is 4.48. The molecule has 0 bridgehead atoms. The second kappa shape index (κ2) is 9.37. The Labute approximate surface area is 204 Å². The lowest BCUT2D eigenvalue weighted by molar-refractivity contribution is -0.146. The van der Waals surface area contributed by atoms with Gasteiger partial charge in [0.05, 0.1) is 24.8 Å². The van der Waals surface area contributed by atoms with E-state index in [1.54, 1.807) is 7.11 Å². The summed E-state index contributed by atoms with van der Waals surface area (Å²) in [5, 5.41) is 4.21. The molecule has 35 heavy (non-hydrogen) atoms. The van der Waals surface area contributed by atoms with Crippen molar-refractivity contribution in [2.75, 3.05) is 13.7 Å². The summed E-state index contributed by atoms with van der Waals surface area (Å²) in [6, 6.07) is 22.2. The Morgan fingerprint density at radius 2 is 1.63 bits per heavy atom. The molecule has 2 heterocycles. The number of carbonyl (C=O) groups excluding carboxylic acids is 1. The molecule has 2 aromatic heterocycles. The van der Waals surface area contributed by atoms with E-state index in [4.69, 9.17) is 14.0 Å². The molecule has 0 atom stereocenters. The molecule has 0 spiro atoms. The van der Waals surface area contributed by atoms with Crippen molar-refractivity contribution in [3.05, 3.63) is 89.2 Å². The van der Waals surface area contributed by atoms with Gasteiger partial charge in [-0.15, -0.1) is 0 Å². The average Bonchev–Trinajstić information content (AvgIpc) is 3.64. The molecular weight excluding hydrogens is 440 g/mol. The van der Waals surface area contributed by atoms with Crippen LogP contribution < -0.4 is 4.74 Å². The second-order valence-corrected chi connectivity index (χ2v) is 8.88. The summed E-state index contributed by atoms with van der Waals surface area (Å²) >= 11 is 0. The Morgan fingerprint density at radius 1 is 0.971 bits per heavy atom. The van der Waals surface area contributed by atoms with Gasteiger partial charge < -0.3 is 14.0 Å². The third-order valence-corrected chi connectivity index (χ3v) is 6.67. The third-order valence-electron chi connectivity index (χ3n) is 6.67. The molecule has 178 valence electrons. The molecule has 1 aliphatic carbocycles. The molecule has 1 fully saturated rings. The predicted octanol–water partition coefficient (Wildman–Crippen LogP) is 5.91. The molecule has 0 unspecified atom stereocenters. The van der Waals surface area contributed by atoms with Gasteiger partial charge in [-0.1, -0.05) is 59.8 Å². The number of benzene rings is 2. The predicted molar refractivity (Wildman–Crippen MR) is 133 cm³/mol. The lowest BCUT2D eigenvalue weighted by atomic mass is 9.93. The normalized spacial score (nSPS) is 13.9. The Hall–Kier alpha value is -3.93. The van der Waals surface area contributed by atoms with E-state index in [-0.39, 0.29) is 5.97 Å². The molecule has 0 radical (unpaired) electrons. The number of aryl methyl sites for hydroxylation is 1. The summed E-state index contributed by atoms with van der Waals surface area (Å²) in [6.07, 6.45) is 2.31. The summed E-state index contributed by atoms with van der Waals surface area (Å²) in [5.74, 6) is 1.22. The number of aromatic nitrogens is 2. The molecule has 6 nitrogen and oxygen atoms in total. The number of rotatable bonds is 8. The molecule has 0 amide bonds. The van der Waals surface area contributed by atoms with Crippen molar-refractivity contribution in [1.82, 2.24) is 10.1 Å². The molecule has 0 aliphatic heterocycles. The molecule has 5 rings (SSSR count). The van der Waals surface area contributed by atoms with Crippen molar-refractivity contribution < 1.29 is 18.8 Å². The Kier molecular flexibility index (Phi) is 6.12. The molecular formula is C29H28N2O4. The van der Waals surface area contributed by atoms with Crippen LogP contribution in [0.5, 0.6) is 5.88 Å². The summed E-state index contributed by atoms with van der Waals surface area (Å²) < 4.78 is 16.2. The quantitative estimate of drug-likeness (QED) is 0.300. The van der Waals surface area contributed by atoms with Crippen LogP contribution in [-0.4, -0.2) is 29.8 Å². The van der Waals surface area contributed by atoms with Crippen LogP contribution in [0.15, 0.2) is 71.3 Å². The highest BCUT2D eigenvalue weighted by molar-refractivity contribution is 5.87. The maximum atomic E-state index is 12.4. The Morgan fingerprint density at radius 3 is 2.26 bits per heavy atom. The van der Waals surface area contributed by atoms with Crippen molar-refractivity contribution in [1.29, 1.82) is 0 Å². The Balaban J connectivity index is 1.36. The highest BCUT2D eigenvalue weighted by Crippen LogP contribution is 2.49. The molecule has 4 aromatic rings. The molecule has 1 saturated carbocycles. The number of nitrogens with zero attached hydrogens (tertiary/aromatic N) is 2. The van der Waals surface area contributed by atoms with E-state index in [0.29, 0.717) is 18.9 Å². The highest BCUT2D eigenvalue weighted by atomic mass is 16.5. The fraction of sp³-hybridized carbons (Fsp3) is 0.276. The van der Waals surface area contributed by atoms with Crippen LogP contribution in [0.3, 0.4) is 0 Å². The van der Waals surface area contributed by atoms with Gasteiger partial charge in [-0.05, 0) is 49.4 Å². The third kappa shape index (κ3) is 4.44. The van der Waals surface area contributed by atoms with Crippen LogP contribution >= 0.6 is 0 Å². The molecule has 2 aromatic carbocycles. The van der Waals surface area contributed by atoms with Crippen molar-refractivity contribution >= 4 is 5.97 Å². The highest BCUT2D eigenvalue weighted by Gasteiger charge is 2.52. The minimum absolute atomic E-state index is 0.112. The lowest BCUT2D eigenvalue weighted by Crippen LogP contribution is -2.23. The zero-order valence-corrected chi connectivity index (χ0v) is 20.2. The van der Waals surface area contributed by atoms with Gasteiger partial charge in [0.15, 0.2) is 5.76 Å². The van der Waals surface area contributed by atoms with Crippen LogP contribution in [0, 0.1) is 6.92 Å². The lowest BCUT2D eigenvalue weighted by Gasteiger charge is -2.14. The van der Waals surface area contributed by atoms with Crippen LogP contribution in [0.4, 0.5) is 0 Å². The minimum Gasteiger partial charge on any atom is -0.481 e. The summed E-state index contributed by atoms with van der Waals surface area (Å²) in [4.78, 5) is 16.9. The monoisotopic (exact) mass is 468 g/mol. The number of ether oxygens (including phenoxy) is 2. The zero-order valence-electron chi connectivity index (χ0n) is 20.2. The van der Waals surface area contributed by atoms with Gasteiger partial charge >= 0.3 is 5.97 Å². The van der Waals surface area contributed by atoms with Crippen LogP contribution in [0.2, 0.25) is 0 Å². The van der Waals surface area contributed by atoms with E-state index < -0.39 is 5.41 Å². The van der Waals surface area contributed by atoms with Gasteiger partial charge in [0, 0.05) is 29.3 Å². The first-order valence-electron chi connectivity index (χ1n) is 11.9. The summed E-state index contributed by atoms with van der Waals surface area (Å²) in [6.45, 7) is 4.20. The smallest absolute Gasteiger partial charge is 0.316 e. The van der Waals surface area contributed by atoms with Crippen molar-refractivity contribution in [3.8, 4) is 28.3 Å². The van der Waals surface area contributed by atoms with Crippen molar-refractivity contribution in [3.63, 3.8) is 0 Å². The van der Waals surface area contributed by atoms with Gasteiger partial charge in [0.1, 0.15) is 0 Å². The average molecular weight is 469 g/mol. The zero-order chi connectivity index (χ0) is 24.4. The first-order valence-corrected chi connectivity index (χ1v) is 11.9. The molecule has 6 heteroatoms. The largest absolute Gasteiger partial charge is 0.481 e. The van der Waals surface area contributed by atoms with E-state index in [2.05, 4.69) is 34.4 Å². The first-order chi connectivity index (χ1) is 17.0. The molecule has 0 N–H and O–H groups in total. The van der Waals surface area contributed by atoms with Gasteiger partial charge in [-0.2, -0.15) is 0 Å². The number of hydrogen-bond acceptors (Lipinski definition) is 6. The maximum Gasteiger partial charge on any atom is 0.316 e. The molecule has 0 saturated heterocycles. The van der Waals surface area contributed by atoms with Crippen molar-refractivity contribution in [2.24, 2.45) is 0 Å². The van der Waals surface area contributed by atoms with Crippen LogP contribution in [-0.2, 0) is 21.4 Å². The second-order valence-electron chi connectivity index (χ2n) is 8.88. The number of carbonyl (C=O) groups is 1. The number of pyridine rings is 1. The summed E-state index contributed by atoms with van der Waals surface area (Å²) in [7, 11) is 1.61. The van der Waals surface area contributed by atoms with Crippen LogP contribution in [0.25, 0.3) is 22.5 Å². The number of hydrogen-bond donors (Lipinski definition) is 0. The van der Waals surface area contributed by atoms with E-state index in [1.807, 2.05) is 56.3 Å². The van der Waals surface area contributed by atoms with Gasteiger partial charge in [-0.25, -0.2) is 4.98 Å². The number of methoxy groups -OCH3 is 1. The molecule has 1 aliphatic rings. The first kappa shape index (κ1) is 22.8. The van der Waals surface area contributed by atoms with Gasteiger partial charge in [0.2, 0.25) is 5.88 Å². The SMILES string of the molecule is CCOC(=O)C1(c2ccc(-c3ccc(-c4onc(C)c4Cc4cccc(OC)n4)cc3)cc2)CC1. The van der Waals surface area contributed by atoms with Gasteiger partial charge in [-0.3, -0.25) is 4.79 Å². The van der Waals surface area contributed by atoms with E-state index in [0.717, 1.165) is 57.8 Å². The van der Waals surface area contributed by atoms with Crippen LogP contribution in [0.1, 0.15) is 42.3 Å². The minimum atomic E-state index is -0.448. The van der Waals surface area contributed by atoms with E-state index in [1.165, 1.54) is 0 Å². The van der Waals surface area contributed by atoms with E-state index >= 15 is 0 Å². The van der Waals surface area contributed by atoms with Gasteiger partial charge in [0.25, 0.3) is 0 Å². The standard InChI is InChI=1S/C29H28N2O4/c1-4-34-28(32)29(16-17-29)23-14-12-21(13-15-23)20-8-10-22(11-9-20)27-25(19(2)31-35-27)18-24-6-5-7-26(30-24)33-3/h5-15H,4,16-18H2,1-3H3. The summed E-state index contributed by atoms with van der Waals surface area (Å²) in [5.41, 5.74) is 6.48. The number of esters is 1. The topological polar surface area (TPSA) is 74.5 Å². The Bertz CT molecular complexity index is 1340. The van der Waals surface area contributed by atoms with Crippen molar-refractivity contribution in [2.45, 2.75) is 38.5 Å².